The molecule has 0 aliphatic carbocycles. The number of pyridine rings is 1. The summed E-state index contributed by atoms with van der Waals surface area (Å²) in [4.78, 5) is 5.91. The molecule has 3 aromatic rings. The van der Waals surface area contributed by atoms with Crippen LogP contribution in [0, 0.1) is 0 Å². The summed E-state index contributed by atoms with van der Waals surface area (Å²) >= 11 is 14.1. The molecule has 0 radical (unpaired) electrons. The van der Waals surface area contributed by atoms with Crippen LogP contribution in [0.1, 0.15) is 0 Å². The van der Waals surface area contributed by atoms with Crippen LogP contribution in [-0.4, -0.2) is 11.2 Å². The van der Waals surface area contributed by atoms with Gasteiger partial charge in [-0.3, -0.25) is 0 Å². The lowest BCUT2D eigenvalue weighted by molar-refractivity contribution is 1.27. The van der Waals surface area contributed by atoms with E-state index in [0.717, 1.165) is 27.4 Å². The van der Waals surface area contributed by atoms with Gasteiger partial charge in [0.15, 0.2) is 0 Å². The zero-order valence-electron chi connectivity index (χ0n) is 11.9. The molecule has 1 aromatic heterocycles. The summed E-state index contributed by atoms with van der Waals surface area (Å²) in [7, 11) is 0. The molecule has 0 atom stereocenters. The van der Waals surface area contributed by atoms with Crippen LogP contribution in [0.2, 0.25) is 10.0 Å². The van der Waals surface area contributed by atoms with Gasteiger partial charge in [0.25, 0.3) is 0 Å². The third kappa shape index (κ3) is 3.30. The molecule has 22 heavy (non-hydrogen) atoms. The maximum Gasteiger partial charge on any atom is 0.0736 e. The molecule has 0 saturated carbocycles. The van der Waals surface area contributed by atoms with Crippen LogP contribution in [0.25, 0.3) is 22.5 Å². The number of hydrogen-bond acceptors (Lipinski definition) is 2. The standard InChI is InChI=1S/C18H13Cl2NS/c1-22-14-10-17(12-5-3-2-4-6-12)21-18(11-14)15-9-13(19)7-8-16(15)20/h2-11H,1H3. The average Bonchev–Trinajstić information content (AvgIpc) is 2.57. The van der Waals surface area contributed by atoms with Crippen molar-refractivity contribution >= 4 is 35.0 Å². The Morgan fingerprint density at radius 3 is 2.32 bits per heavy atom. The normalized spacial score (nSPS) is 10.7. The van der Waals surface area contributed by atoms with E-state index in [0.29, 0.717) is 10.0 Å². The Morgan fingerprint density at radius 2 is 1.59 bits per heavy atom. The molecule has 0 bridgehead atoms. The predicted molar refractivity (Wildman–Crippen MR) is 96.9 cm³/mol. The molecule has 1 nitrogen and oxygen atoms in total. The van der Waals surface area contributed by atoms with Crippen molar-refractivity contribution in [2.45, 2.75) is 4.90 Å². The zero-order chi connectivity index (χ0) is 15.5. The predicted octanol–water partition coefficient (Wildman–Crippen LogP) is 6.44. The van der Waals surface area contributed by atoms with E-state index >= 15 is 0 Å². The average molecular weight is 346 g/mol. The van der Waals surface area contributed by atoms with Gasteiger partial charge < -0.3 is 0 Å². The minimum atomic E-state index is 0.647. The highest BCUT2D eigenvalue weighted by atomic mass is 35.5. The Bertz CT molecular complexity index is 803. The molecule has 0 saturated heterocycles. The monoisotopic (exact) mass is 345 g/mol. The number of aromatic nitrogens is 1. The van der Waals surface area contributed by atoms with Crippen LogP contribution in [0.15, 0.2) is 65.6 Å². The summed E-state index contributed by atoms with van der Waals surface area (Å²) in [6, 6.07) is 19.7. The molecule has 0 amide bonds. The molecule has 1 heterocycles. The first-order valence-corrected chi connectivity index (χ1v) is 8.72. The van der Waals surface area contributed by atoms with Crippen molar-refractivity contribution in [2.75, 3.05) is 6.26 Å². The first-order chi connectivity index (χ1) is 10.7. The first kappa shape index (κ1) is 15.4. The molecular weight excluding hydrogens is 333 g/mol. The highest BCUT2D eigenvalue weighted by Gasteiger charge is 2.10. The largest absolute Gasteiger partial charge is 0.248 e. The lowest BCUT2D eigenvalue weighted by Crippen LogP contribution is -1.90. The van der Waals surface area contributed by atoms with E-state index in [1.165, 1.54) is 0 Å². The van der Waals surface area contributed by atoms with E-state index in [1.54, 1.807) is 23.9 Å². The molecule has 4 heteroatoms. The van der Waals surface area contributed by atoms with Gasteiger partial charge in [0, 0.05) is 21.0 Å². The van der Waals surface area contributed by atoms with Crippen molar-refractivity contribution in [3.05, 3.63) is 70.7 Å². The quantitative estimate of drug-likeness (QED) is 0.506. The van der Waals surface area contributed by atoms with E-state index in [2.05, 4.69) is 18.2 Å². The summed E-state index contributed by atoms with van der Waals surface area (Å²) in [6.45, 7) is 0. The summed E-state index contributed by atoms with van der Waals surface area (Å²) in [5.41, 5.74) is 3.69. The Morgan fingerprint density at radius 1 is 0.864 bits per heavy atom. The van der Waals surface area contributed by atoms with Gasteiger partial charge in [-0.05, 0) is 36.6 Å². The van der Waals surface area contributed by atoms with Gasteiger partial charge in [0.2, 0.25) is 0 Å². The van der Waals surface area contributed by atoms with E-state index in [1.807, 2.05) is 36.6 Å². The van der Waals surface area contributed by atoms with Gasteiger partial charge in [-0.25, -0.2) is 4.98 Å². The second kappa shape index (κ2) is 6.74. The number of rotatable bonds is 3. The molecule has 0 fully saturated rings. The molecule has 0 aliphatic rings. The van der Waals surface area contributed by atoms with Gasteiger partial charge >= 0.3 is 0 Å². The lowest BCUT2D eigenvalue weighted by Gasteiger charge is -2.10. The highest BCUT2D eigenvalue weighted by molar-refractivity contribution is 7.98. The second-order valence-electron chi connectivity index (χ2n) is 4.77. The zero-order valence-corrected chi connectivity index (χ0v) is 14.2. The lowest BCUT2D eigenvalue weighted by atomic mass is 10.1. The molecule has 3 rings (SSSR count). The summed E-state index contributed by atoms with van der Waals surface area (Å²) in [5, 5.41) is 1.30. The number of thioether (sulfide) groups is 1. The van der Waals surface area contributed by atoms with E-state index in [4.69, 9.17) is 28.2 Å². The van der Waals surface area contributed by atoms with Crippen molar-refractivity contribution in [2.24, 2.45) is 0 Å². The second-order valence-corrected chi connectivity index (χ2v) is 6.49. The molecular formula is C18H13Cl2NS. The molecule has 0 N–H and O–H groups in total. The summed E-state index contributed by atoms with van der Waals surface area (Å²) < 4.78 is 0. The fraction of sp³-hybridized carbons (Fsp3) is 0.0556. The molecule has 2 aromatic carbocycles. The number of halogens is 2. The highest BCUT2D eigenvalue weighted by Crippen LogP contribution is 2.33. The van der Waals surface area contributed by atoms with Gasteiger partial charge in [0.1, 0.15) is 0 Å². The van der Waals surface area contributed by atoms with Crippen LogP contribution in [0.5, 0.6) is 0 Å². The van der Waals surface area contributed by atoms with Crippen LogP contribution < -0.4 is 0 Å². The van der Waals surface area contributed by atoms with Crippen LogP contribution in [0.3, 0.4) is 0 Å². The number of nitrogens with zero attached hydrogens (tertiary/aromatic N) is 1. The van der Waals surface area contributed by atoms with Gasteiger partial charge in [-0.1, -0.05) is 53.5 Å². The Kier molecular flexibility index (Phi) is 4.72. The number of hydrogen-bond donors (Lipinski definition) is 0. The topological polar surface area (TPSA) is 12.9 Å². The van der Waals surface area contributed by atoms with Crippen LogP contribution in [0.4, 0.5) is 0 Å². The van der Waals surface area contributed by atoms with Crippen LogP contribution >= 0.6 is 35.0 Å². The Hall–Kier alpha value is -1.48. The summed E-state index contributed by atoms with van der Waals surface area (Å²) in [5.74, 6) is 0. The SMILES string of the molecule is CSc1cc(-c2ccccc2)nc(-c2cc(Cl)ccc2Cl)c1. The van der Waals surface area contributed by atoms with Gasteiger partial charge in [0.05, 0.1) is 16.4 Å². The first-order valence-electron chi connectivity index (χ1n) is 6.74. The molecule has 110 valence electrons. The Balaban J connectivity index is 2.18. The number of benzene rings is 2. The van der Waals surface area contributed by atoms with Crippen molar-refractivity contribution in [1.29, 1.82) is 0 Å². The van der Waals surface area contributed by atoms with E-state index in [9.17, 15) is 0 Å². The summed E-state index contributed by atoms with van der Waals surface area (Å²) in [6.07, 6.45) is 2.05. The van der Waals surface area contributed by atoms with Crippen LogP contribution in [-0.2, 0) is 0 Å². The van der Waals surface area contributed by atoms with Crippen molar-refractivity contribution in [1.82, 2.24) is 4.98 Å². The fourth-order valence-corrected chi connectivity index (χ4v) is 3.06. The van der Waals surface area contributed by atoms with Crippen molar-refractivity contribution in [3.8, 4) is 22.5 Å². The Labute approximate surface area is 144 Å². The third-order valence-corrected chi connectivity index (χ3v) is 4.58. The minimum absolute atomic E-state index is 0.647. The van der Waals surface area contributed by atoms with Crippen molar-refractivity contribution < 1.29 is 0 Å². The van der Waals surface area contributed by atoms with Gasteiger partial charge in [-0.15, -0.1) is 11.8 Å². The molecule has 0 spiro atoms. The molecule has 0 aliphatic heterocycles. The smallest absolute Gasteiger partial charge is 0.0736 e. The van der Waals surface area contributed by atoms with E-state index in [-0.39, 0.29) is 0 Å². The minimum Gasteiger partial charge on any atom is -0.248 e. The maximum absolute atomic E-state index is 6.32. The third-order valence-electron chi connectivity index (χ3n) is 3.31. The molecule has 0 unspecified atom stereocenters. The van der Waals surface area contributed by atoms with Gasteiger partial charge in [-0.2, -0.15) is 0 Å². The van der Waals surface area contributed by atoms with Crippen molar-refractivity contribution in [3.63, 3.8) is 0 Å². The fourth-order valence-electron chi connectivity index (χ4n) is 2.21. The maximum atomic E-state index is 6.32. The van der Waals surface area contributed by atoms with E-state index < -0.39 is 0 Å².